The highest BCUT2D eigenvalue weighted by atomic mass is 32.2. The smallest absolute Gasteiger partial charge is 0.270 e. The molecule has 3 aromatic rings. The summed E-state index contributed by atoms with van der Waals surface area (Å²) in [7, 11) is -2.26. The molecule has 5 rings (SSSR count). The zero-order valence-corrected chi connectivity index (χ0v) is 19.1. The fourth-order valence-corrected chi connectivity index (χ4v) is 6.02. The Kier molecular flexibility index (Phi) is 5.63. The van der Waals surface area contributed by atoms with E-state index in [2.05, 4.69) is 15.3 Å². The monoisotopic (exact) mass is 482 g/mol. The number of benzene rings is 2. The van der Waals surface area contributed by atoms with Crippen LogP contribution in [0.5, 0.6) is 0 Å². The Balaban J connectivity index is 1.56. The first-order chi connectivity index (χ1) is 16.4. The van der Waals surface area contributed by atoms with E-state index in [4.69, 9.17) is 4.74 Å². The van der Waals surface area contributed by atoms with Crippen LogP contribution >= 0.6 is 0 Å². The van der Waals surface area contributed by atoms with Gasteiger partial charge in [0.15, 0.2) is 6.23 Å². The zero-order valence-electron chi connectivity index (χ0n) is 18.2. The number of hydrogen-bond donors (Lipinski definition) is 1. The number of anilines is 2. The lowest BCUT2D eigenvalue weighted by Crippen LogP contribution is -2.40. The van der Waals surface area contributed by atoms with Crippen molar-refractivity contribution < 1.29 is 18.1 Å². The summed E-state index contributed by atoms with van der Waals surface area (Å²) in [6, 6.07) is 14.3. The minimum absolute atomic E-state index is 0.165. The van der Waals surface area contributed by atoms with Crippen LogP contribution in [0.1, 0.15) is 17.4 Å². The molecule has 0 saturated carbocycles. The summed E-state index contributed by atoms with van der Waals surface area (Å²) in [6.45, 7) is 0.983. The molecule has 2 aliphatic rings. The van der Waals surface area contributed by atoms with Crippen LogP contribution in [0.15, 0.2) is 65.8 Å². The van der Waals surface area contributed by atoms with Gasteiger partial charge in [0.1, 0.15) is 18.0 Å². The van der Waals surface area contributed by atoms with Crippen molar-refractivity contribution in [3.63, 3.8) is 0 Å². The van der Waals surface area contributed by atoms with E-state index in [-0.39, 0.29) is 23.7 Å². The number of ether oxygens (including phenoxy) is 1. The molecule has 1 saturated heterocycles. The highest BCUT2D eigenvalue weighted by molar-refractivity contribution is 7.89. The van der Waals surface area contributed by atoms with E-state index in [1.165, 1.54) is 28.8 Å². The van der Waals surface area contributed by atoms with E-state index in [9.17, 15) is 18.5 Å². The zero-order chi connectivity index (χ0) is 23.9. The average Bonchev–Trinajstić information content (AvgIpc) is 3.19. The Labute approximate surface area is 196 Å². The van der Waals surface area contributed by atoms with Gasteiger partial charge in [-0.15, -0.1) is 0 Å². The molecule has 0 amide bonds. The third-order valence-electron chi connectivity index (χ3n) is 5.88. The maximum absolute atomic E-state index is 13.7. The van der Waals surface area contributed by atoms with E-state index in [1.54, 1.807) is 0 Å². The van der Waals surface area contributed by atoms with Crippen molar-refractivity contribution in [3.8, 4) is 0 Å². The molecule has 1 aromatic heterocycles. The summed E-state index contributed by atoms with van der Waals surface area (Å²) >= 11 is 0. The minimum atomic E-state index is -4.13. The van der Waals surface area contributed by atoms with Gasteiger partial charge < -0.3 is 15.0 Å². The third-order valence-corrected chi connectivity index (χ3v) is 7.77. The number of nitro groups is 1. The van der Waals surface area contributed by atoms with Gasteiger partial charge in [-0.25, -0.2) is 18.4 Å². The summed E-state index contributed by atoms with van der Waals surface area (Å²) in [5, 5.41) is 14.5. The van der Waals surface area contributed by atoms with Gasteiger partial charge in [-0.05, 0) is 11.6 Å². The fraction of sp³-hybridized carbons (Fsp3) is 0.273. The predicted molar refractivity (Wildman–Crippen MR) is 124 cm³/mol. The van der Waals surface area contributed by atoms with Crippen molar-refractivity contribution in [1.29, 1.82) is 0 Å². The number of non-ortho nitro benzene ring substituents is 1. The molecule has 1 fully saturated rings. The molecule has 1 N–H and O–H groups in total. The number of hydrogen-bond acceptors (Lipinski definition) is 9. The van der Waals surface area contributed by atoms with Crippen molar-refractivity contribution in [2.24, 2.45) is 0 Å². The lowest BCUT2D eigenvalue weighted by Gasteiger charge is -2.28. The number of nitro benzene ring substituents is 1. The van der Waals surface area contributed by atoms with Gasteiger partial charge in [-0.1, -0.05) is 36.4 Å². The molecule has 2 bridgehead atoms. The maximum atomic E-state index is 13.7. The number of fused-ring (bicyclic) bond motifs is 4. The van der Waals surface area contributed by atoms with E-state index >= 15 is 0 Å². The first-order valence-corrected chi connectivity index (χ1v) is 12.0. The molecule has 0 aliphatic carbocycles. The molecule has 0 radical (unpaired) electrons. The molecule has 2 aliphatic heterocycles. The molecular formula is C22H22N6O5S. The second-order valence-electron chi connectivity index (χ2n) is 8.11. The van der Waals surface area contributed by atoms with Crippen molar-refractivity contribution >= 4 is 27.3 Å². The Morgan fingerprint density at radius 1 is 1.21 bits per heavy atom. The van der Waals surface area contributed by atoms with Crippen LogP contribution in [0.4, 0.5) is 17.3 Å². The highest BCUT2D eigenvalue weighted by Gasteiger charge is 2.48. The van der Waals surface area contributed by atoms with Crippen molar-refractivity contribution in [2.75, 3.05) is 30.4 Å². The van der Waals surface area contributed by atoms with Gasteiger partial charge in [-0.2, -0.15) is 4.31 Å². The van der Waals surface area contributed by atoms with Crippen LogP contribution in [-0.2, 0) is 21.3 Å². The second kappa shape index (κ2) is 8.63. The van der Waals surface area contributed by atoms with E-state index < -0.39 is 27.2 Å². The van der Waals surface area contributed by atoms with Crippen molar-refractivity contribution in [2.45, 2.75) is 23.7 Å². The quantitative estimate of drug-likeness (QED) is 0.416. The minimum Gasteiger partial charge on any atom is -0.368 e. The Morgan fingerprint density at radius 3 is 2.76 bits per heavy atom. The molecule has 34 heavy (non-hydrogen) atoms. The van der Waals surface area contributed by atoms with Gasteiger partial charge in [0.25, 0.3) is 5.69 Å². The van der Waals surface area contributed by atoms with Crippen LogP contribution in [-0.4, -0.2) is 53.9 Å². The molecular weight excluding hydrogens is 460 g/mol. The molecule has 176 valence electrons. The lowest BCUT2D eigenvalue weighted by molar-refractivity contribution is -0.385. The summed E-state index contributed by atoms with van der Waals surface area (Å²) in [5.74, 6) is 1.03. The Morgan fingerprint density at radius 2 is 2.00 bits per heavy atom. The van der Waals surface area contributed by atoms with Crippen molar-refractivity contribution in [1.82, 2.24) is 14.3 Å². The summed E-state index contributed by atoms with van der Waals surface area (Å²) in [5.41, 5.74) is 1.27. The number of sulfonamides is 1. The van der Waals surface area contributed by atoms with Crippen LogP contribution in [0.2, 0.25) is 0 Å². The molecule has 2 aromatic carbocycles. The van der Waals surface area contributed by atoms with Gasteiger partial charge in [0.2, 0.25) is 10.0 Å². The first-order valence-electron chi connectivity index (χ1n) is 10.6. The van der Waals surface area contributed by atoms with E-state index in [0.717, 1.165) is 11.6 Å². The summed E-state index contributed by atoms with van der Waals surface area (Å²) < 4.78 is 34.7. The van der Waals surface area contributed by atoms with Crippen LogP contribution < -0.4 is 10.2 Å². The van der Waals surface area contributed by atoms with Crippen LogP contribution in [0.25, 0.3) is 0 Å². The number of nitrogens with one attached hydrogen (secondary N) is 1. The largest absolute Gasteiger partial charge is 0.368 e. The van der Waals surface area contributed by atoms with E-state index in [1.807, 2.05) is 42.3 Å². The van der Waals surface area contributed by atoms with Gasteiger partial charge in [-0.3, -0.25) is 10.1 Å². The van der Waals surface area contributed by atoms with Crippen LogP contribution in [0.3, 0.4) is 0 Å². The standard InChI is InChI=1S/C22H22N6O5S/c1-26(12-15-6-3-2-4-7-15)21-19-20(24-14-25-21)23-11-17-13-33-22(19)27(17)34(31,32)18-9-5-8-16(10-18)28(29)30/h2-10,14,17,22H,11-13H2,1H3,(H,23,24,25)/t17-,22-/m0/s1. The number of nitrogens with zero attached hydrogens (tertiary/aromatic N) is 5. The maximum Gasteiger partial charge on any atom is 0.270 e. The Hall–Kier alpha value is -3.61. The lowest BCUT2D eigenvalue weighted by atomic mass is 10.2. The normalized spacial score (nSPS) is 19.7. The predicted octanol–water partition coefficient (Wildman–Crippen LogP) is 2.54. The SMILES string of the molecule is CN(Cc1ccccc1)c1ncnc2c1[C@@H]1OC[C@H](CN2)N1S(=O)(=O)c1cccc([N+](=O)[O-])c1. The molecule has 2 atom stereocenters. The molecule has 0 unspecified atom stereocenters. The summed E-state index contributed by atoms with van der Waals surface area (Å²) in [4.78, 5) is 21.2. The fourth-order valence-electron chi connectivity index (χ4n) is 4.31. The molecule has 12 heteroatoms. The average molecular weight is 483 g/mol. The number of aromatic nitrogens is 2. The Bertz CT molecular complexity index is 1340. The summed E-state index contributed by atoms with van der Waals surface area (Å²) in [6.07, 6.45) is 0.454. The van der Waals surface area contributed by atoms with Gasteiger partial charge in [0, 0.05) is 32.3 Å². The second-order valence-corrected chi connectivity index (χ2v) is 9.95. The van der Waals surface area contributed by atoms with Crippen molar-refractivity contribution in [3.05, 3.63) is 82.2 Å². The molecule has 0 spiro atoms. The van der Waals surface area contributed by atoms with Gasteiger partial charge >= 0.3 is 0 Å². The first kappa shape index (κ1) is 22.2. The third kappa shape index (κ3) is 3.85. The van der Waals surface area contributed by atoms with E-state index in [0.29, 0.717) is 23.7 Å². The highest BCUT2D eigenvalue weighted by Crippen LogP contribution is 2.44. The van der Waals surface area contributed by atoms with Crippen LogP contribution in [0, 0.1) is 10.1 Å². The van der Waals surface area contributed by atoms with Gasteiger partial charge in [0.05, 0.1) is 28.0 Å². The number of rotatable bonds is 6. The topological polar surface area (TPSA) is 131 Å². The molecule has 11 nitrogen and oxygen atoms in total. The molecule has 3 heterocycles.